The van der Waals surface area contributed by atoms with E-state index in [2.05, 4.69) is 9.82 Å². The minimum atomic E-state index is -3.21. The molecule has 0 aromatic carbocycles. The first kappa shape index (κ1) is 16.3. The molecule has 1 aromatic heterocycles. The predicted molar refractivity (Wildman–Crippen MR) is 79.9 cm³/mol. The molecule has 1 N–H and O–H groups in total. The van der Waals surface area contributed by atoms with Gasteiger partial charge in [0.25, 0.3) is 5.91 Å². The first-order valence-corrected chi connectivity index (χ1v) is 8.91. The molecule has 2 rings (SSSR count). The number of amides is 1. The van der Waals surface area contributed by atoms with E-state index in [-0.39, 0.29) is 17.6 Å². The largest absolute Gasteiger partial charge is 0.337 e. The topological polar surface area (TPSA) is 84.3 Å². The summed E-state index contributed by atoms with van der Waals surface area (Å²) in [6, 6.07) is -0.120. The zero-order valence-corrected chi connectivity index (χ0v) is 13.8. The molecule has 21 heavy (non-hydrogen) atoms. The highest BCUT2D eigenvalue weighted by Gasteiger charge is 2.28. The maximum absolute atomic E-state index is 12.4. The van der Waals surface area contributed by atoms with Gasteiger partial charge in [-0.05, 0) is 19.8 Å². The summed E-state index contributed by atoms with van der Waals surface area (Å²) in [5.74, 6) is -0.207. The van der Waals surface area contributed by atoms with Gasteiger partial charge < -0.3 is 4.90 Å². The third-order valence-corrected chi connectivity index (χ3v) is 4.84. The highest BCUT2D eigenvalue weighted by atomic mass is 35.5. The van der Waals surface area contributed by atoms with Gasteiger partial charge in [-0.3, -0.25) is 9.48 Å². The van der Waals surface area contributed by atoms with Crippen LogP contribution < -0.4 is 4.72 Å². The number of halogens is 1. The Balaban J connectivity index is 2.02. The fourth-order valence-corrected chi connectivity index (χ4v) is 3.45. The fraction of sp³-hybridized carbons (Fsp3) is 0.667. The molecular weight excluding hydrogens is 316 g/mol. The summed E-state index contributed by atoms with van der Waals surface area (Å²) >= 11 is 6.12. The van der Waals surface area contributed by atoms with Crippen LogP contribution in [0.3, 0.4) is 0 Å². The van der Waals surface area contributed by atoms with Gasteiger partial charge in [-0.25, -0.2) is 13.1 Å². The quantitative estimate of drug-likeness (QED) is 0.874. The van der Waals surface area contributed by atoms with Crippen LogP contribution in [0.1, 0.15) is 29.0 Å². The molecule has 1 aromatic rings. The number of carbonyl (C=O) groups excluding carboxylic acids is 1. The summed E-state index contributed by atoms with van der Waals surface area (Å²) in [7, 11) is -1.48. The van der Waals surface area contributed by atoms with E-state index in [1.807, 2.05) is 0 Å². The fourth-order valence-electron chi connectivity index (χ4n) is 2.37. The molecule has 1 amide bonds. The number of sulfonamides is 1. The van der Waals surface area contributed by atoms with Gasteiger partial charge in [0, 0.05) is 26.2 Å². The van der Waals surface area contributed by atoms with Gasteiger partial charge in [-0.1, -0.05) is 11.6 Å². The molecule has 0 saturated carbocycles. The van der Waals surface area contributed by atoms with E-state index < -0.39 is 10.0 Å². The molecule has 0 spiro atoms. The number of aromatic nitrogens is 2. The highest BCUT2D eigenvalue weighted by Crippen LogP contribution is 2.22. The third kappa shape index (κ3) is 3.75. The second-order valence-electron chi connectivity index (χ2n) is 5.33. The molecule has 1 aliphatic heterocycles. The lowest BCUT2D eigenvalue weighted by molar-refractivity contribution is 0.0705. The monoisotopic (exact) mass is 334 g/mol. The number of nitrogens with zero attached hydrogens (tertiary/aromatic N) is 3. The normalized spacial score (nSPS) is 17.2. The van der Waals surface area contributed by atoms with E-state index in [0.717, 1.165) is 11.9 Å². The van der Waals surface area contributed by atoms with Crippen molar-refractivity contribution in [2.24, 2.45) is 7.05 Å². The molecule has 0 atom stereocenters. The Bertz CT molecular complexity index is 648. The second kappa shape index (κ2) is 5.94. The van der Waals surface area contributed by atoms with Crippen molar-refractivity contribution in [1.29, 1.82) is 0 Å². The number of nitrogens with one attached hydrogen (secondary N) is 1. The number of likely N-dealkylation sites (tertiary alicyclic amines) is 1. The van der Waals surface area contributed by atoms with E-state index in [9.17, 15) is 13.2 Å². The summed E-state index contributed by atoms with van der Waals surface area (Å²) in [4.78, 5) is 14.1. The lowest BCUT2D eigenvalue weighted by Gasteiger charge is -2.31. The predicted octanol–water partition coefficient (Wildman–Crippen LogP) is 0.536. The molecular formula is C12H19ClN4O3S. The molecule has 9 heteroatoms. The Morgan fingerprint density at radius 1 is 1.38 bits per heavy atom. The lowest BCUT2D eigenvalue weighted by Crippen LogP contribution is -2.46. The van der Waals surface area contributed by atoms with E-state index in [1.54, 1.807) is 23.6 Å². The Kier molecular flexibility index (Phi) is 4.60. The first-order chi connectivity index (χ1) is 9.69. The molecule has 1 fully saturated rings. The Morgan fingerprint density at radius 3 is 2.38 bits per heavy atom. The van der Waals surface area contributed by atoms with Crippen LogP contribution in [0.15, 0.2) is 0 Å². The van der Waals surface area contributed by atoms with Crippen LogP contribution >= 0.6 is 11.6 Å². The van der Waals surface area contributed by atoms with E-state index in [4.69, 9.17) is 11.6 Å². The molecule has 0 radical (unpaired) electrons. The van der Waals surface area contributed by atoms with E-state index in [0.29, 0.717) is 31.0 Å². The van der Waals surface area contributed by atoms with Crippen LogP contribution in [0.2, 0.25) is 5.02 Å². The van der Waals surface area contributed by atoms with Crippen LogP contribution in [0.5, 0.6) is 0 Å². The maximum atomic E-state index is 12.4. The molecule has 118 valence electrons. The standard InChI is InChI=1S/C12H19ClN4O3S/c1-8-10(13)11(14-16(8)2)12(18)17-6-4-9(5-7-17)15-21(3,19)20/h9,15H,4-7H2,1-3H3. The van der Waals surface area contributed by atoms with Crippen LogP contribution in [0.4, 0.5) is 0 Å². The average Bonchev–Trinajstić information content (AvgIpc) is 2.65. The number of rotatable bonds is 3. The van der Waals surface area contributed by atoms with E-state index >= 15 is 0 Å². The molecule has 0 unspecified atom stereocenters. The van der Waals surface area contributed by atoms with Gasteiger partial charge in [0.15, 0.2) is 5.69 Å². The van der Waals surface area contributed by atoms with Crippen molar-refractivity contribution in [3.05, 3.63) is 16.4 Å². The number of aryl methyl sites for hydroxylation is 1. The van der Waals surface area contributed by atoms with Gasteiger partial charge in [0.05, 0.1) is 17.0 Å². The highest BCUT2D eigenvalue weighted by molar-refractivity contribution is 7.88. The Labute approximate surface area is 129 Å². The van der Waals surface area contributed by atoms with Crippen molar-refractivity contribution in [2.75, 3.05) is 19.3 Å². The smallest absolute Gasteiger partial charge is 0.275 e. The van der Waals surface area contributed by atoms with Gasteiger partial charge in [-0.15, -0.1) is 0 Å². The maximum Gasteiger partial charge on any atom is 0.275 e. The van der Waals surface area contributed by atoms with Crippen LogP contribution in [-0.4, -0.2) is 54.4 Å². The summed E-state index contributed by atoms with van der Waals surface area (Å²) < 4.78 is 26.5. The van der Waals surface area contributed by atoms with Crippen molar-refractivity contribution < 1.29 is 13.2 Å². The third-order valence-electron chi connectivity index (χ3n) is 3.63. The molecule has 1 aliphatic rings. The number of piperidine rings is 1. The molecule has 2 heterocycles. The van der Waals surface area contributed by atoms with Crippen molar-refractivity contribution in [3.8, 4) is 0 Å². The SMILES string of the molecule is Cc1c(Cl)c(C(=O)N2CCC(NS(C)(=O)=O)CC2)nn1C. The van der Waals surface area contributed by atoms with Crippen molar-refractivity contribution in [1.82, 2.24) is 19.4 Å². The molecule has 0 aliphatic carbocycles. The van der Waals surface area contributed by atoms with Crippen LogP contribution in [0, 0.1) is 6.92 Å². The second-order valence-corrected chi connectivity index (χ2v) is 7.49. The van der Waals surface area contributed by atoms with Crippen molar-refractivity contribution in [2.45, 2.75) is 25.8 Å². The minimum Gasteiger partial charge on any atom is -0.337 e. The Morgan fingerprint density at radius 2 is 1.95 bits per heavy atom. The van der Waals surface area contributed by atoms with Gasteiger partial charge in [-0.2, -0.15) is 5.10 Å². The number of hydrogen-bond donors (Lipinski definition) is 1. The zero-order valence-electron chi connectivity index (χ0n) is 12.3. The summed E-state index contributed by atoms with van der Waals surface area (Å²) in [5, 5.41) is 4.52. The van der Waals surface area contributed by atoms with Crippen molar-refractivity contribution in [3.63, 3.8) is 0 Å². The molecule has 7 nitrogen and oxygen atoms in total. The number of carbonyl (C=O) groups is 1. The summed E-state index contributed by atoms with van der Waals surface area (Å²) in [5.41, 5.74) is 1.000. The van der Waals surface area contributed by atoms with Crippen LogP contribution in [0.25, 0.3) is 0 Å². The van der Waals surface area contributed by atoms with Gasteiger partial charge in [0.1, 0.15) is 0 Å². The van der Waals surface area contributed by atoms with Crippen LogP contribution in [-0.2, 0) is 17.1 Å². The molecule has 0 bridgehead atoms. The van der Waals surface area contributed by atoms with Crippen molar-refractivity contribution >= 4 is 27.5 Å². The summed E-state index contributed by atoms with van der Waals surface area (Å²) in [6.07, 6.45) is 2.31. The first-order valence-electron chi connectivity index (χ1n) is 6.64. The van der Waals surface area contributed by atoms with Gasteiger partial charge in [0.2, 0.25) is 10.0 Å². The molecule has 1 saturated heterocycles. The van der Waals surface area contributed by atoms with Gasteiger partial charge >= 0.3 is 0 Å². The Hall–Kier alpha value is -1.12. The van der Waals surface area contributed by atoms with E-state index in [1.165, 1.54) is 0 Å². The zero-order chi connectivity index (χ0) is 15.8. The average molecular weight is 335 g/mol. The minimum absolute atomic E-state index is 0.120. The lowest BCUT2D eigenvalue weighted by atomic mass is 10.1. The number of hydrogen-bond acceptors (Lipinski definition) is 4. The summed E-state index contributed by atoms with van der Waals surface area (Å²) in [6.45, 7) is 2.77.